The summed E-state index contributed by atoms with van der Waals surface area (Å²) >= 11 is 0. The Bertz CT molecular complexity index is 78.6. The predicted molar refractivity (Wildman–Crippen MR) is 51.3 cm³/mol. The zero-order valence-electron chi connectivity index (χ0n) is 8.49. The van der Waals surface area contributed by atoms with E-state index < -0.39 is 0 Å². The molecule has 0 saturated heterocycles. The van der Waals surface area contributed by atoms with Crippen LogP contribution in [0.3, 0.4) is 0 Å². The largest absolute Gasteiger partial charge is 2.00 e. The van der Waals surface area contributed by atoms with E-state index >= 15 is 0 Å². The van der Waals surface area contributed by atoms with Crippen LogP contribution in [0.4, 0.5) is 0 Å². The van der Waals surface area contributed by atoms with E-state index in [1.165, 1.54) is 0 Å². The van der Waals surface area contributed by atoms with Crippen LogP contribution in [0.5, 0.6) is 0 Å². The summed E-state index contributed by atoms with van der Waals surface area (Å²) in [5.41, 5.74) is 0. The van der Waals surface area contributed by atoms with Crippen LogP contribution in [-0.4, -0.2) is 25.2 Å². The maximum absolute atomic E-state index is 4.39. The van der Waals surface area contributed by atoms with E-state index in [2.05, 4.69) is 38.3 Å². The van der Waals surface area contributed by atoms with E-state index in [1.807, 2.05) is 0 Å². The summed E-state index contributed by atoms with van der Waals surface area (Å²) in [6.07, 6.45) is 1.10. The topological polar surface area (TPSA) is 28.2 Å². The SMILES string of the molecule is CC[N-]C(C)CC(C)[N-]CC.[Pd+2]. The van der Waals surface area contributed by atoms with Crippen molar-refractivity contribution >= 4 is 0 Å². The first-order valence-corrected chi connectivity index (χ1v) is 4.53. The molecule has 0 aromatic rings. The molecule has 0 aromatic heterocycles. The van der Waals surface area contributed by atoms with Crippen molar-refractivity contribution in [1.82, 2.24) is 0 Å². The van der Waals surface area contributed by atoms with Crippen molar-refractivity contribution in [3.05, 3.63) is 10.6 Å². The summed E-state index contributed by atoms with van der Waals surface area (Å²) in [4.78, 5) is 0. The van der Waals surface area contributed by atoms with Crippen molar-refractivity contribution in [2.45, 2.75) is 46.2 Å². The summed E-state index contributed by atoms with van der Waals surface area (Å²) in [6, 6.07) is 0.954. The van der Waals surface area contributed by atoms with Crippen LogP contribution in [0, 0.1) is 0 Å². The summed E-state index contributed by atoms with van der Waals surface area (Å²) in [5.74, 6) is 0. The van der Waals surface area contributed by atoms with Gasteiger partial charge in [0.05, 0.1) is 0 Å². The van der Waals surface area contributed by atoms with Gasteiger partial charge in [-0.05, 0) is 0 Å². The molecule has 0 rings (SSSR count). The molecule has 0 fully saturated rings. The first kappa shape index (κ1) is 15.1. The van der Waals surface area contributed by atoms with Crippen molar-refractivity contribution in [3.63, 3.8) is 0 Å². The number of rotatable bonds is 6. The minimum absolute atomic E-state index is 0. The van der Waals surface area contributed by atoms with Crippen LogP contribution in [-0.2, 0) is 20.4 Å². The minimum Gasteiger partial charge on any atom is -0.660 e. The minimum atomic E-state index is 0. The predicted octanol–water partition coefficient (Wildman–Crippen LogP) is 2.94. The molecule has 0 aliphatic rings. The van der Waals surface area contributed by atoms with E-state index in [0.29, 0.717) is 12.1 Å². The quantitative estimate of drug-likeness (QED) is 0.659. The summed E-state index contributed by atoms with van der Waals surface area (Å²) < 4.78 is 0. The van der Waals surface area contributed by atoms with Crippen molar-refractivity contribution in [2.24, 2.45) is 0 Å². The van der Waals surface area contributed by atoms with E-state index in [4.69, 9.17) is 0 Å². The normalized spacial score (nSPS) is 15.0. The average molecular weight is 263 g/mol. The molecule has 0 bridgehead atoms. The molecule has 2 unspecified atom stereocenters. The molecule has 0 radical (unpaired) electrons. The number of hydrogen-bond acceptors (Lipinski definition) is 0. The first-order chi connectivity index (χ1) is 5.20. The molecule has 76 valence electrons. The molecular weight excluding hydrogens is 243 g/mol. The van der Waals surface area contributed by atoms with Gasteiger partial charge in [0.1, 0.15) is 0 Å². The Morgan fingerprint density at radius 1 is 0.917 bits per heavy atom. The van der Waals surface area contributed by atoms with Crippen LogP contribution in [0.25, 0.3) is 10.6 Å². The Labute approximate surface area is 90.5 Å². The Hall–Kier alpha value is 0.582. The van der Waals surface area contributed by atoms with Gasteiger partial charge in [0.25, 0.3) is 0 Å². The third-order valence-electron chi connectivity index (χ3n) is 1.67. The second-order valence-corrected chi connectivity index (χ2v) is 2.93. The molecular formula is C9H20N2Pd. The molecule has 0 spiro atoms. The van der Waals surface area contributed by atoms with E-state index in [0.717, 1.165) is 19.5 Å². The summed E-state index contributed by atoms with van der Waals surface area (Å²) in [5, 5.41) is 8.77. The van der Waals surface area contributed by atoms with Gasteiger partial charge < -0.3 is 10.6 Å². The summed E-state index contributed by atoms with van der Waals surface area (Å²) in [6.45, 7) is 10.3. The zero-order valence-corrected chi connectivity index (χ0v) is 10.0. The standard InChI is InChI=1S/C9H20N2.Pd/c1-5-10-8(3)7-9(4)11-6-2;/h8-9H,5-7H2,1-4H3;/q-2;+2. The fraction of sp³-hybridized carbons (Fsp3) is 1.00. The van der Waals surface area contributed by atoms with Crippen molar-refractivity contribution in [2.75, 3.05) is 13.1 Å². The maximum Gasteiger partial charge on any atom is 2.00 e. The van der Waals surface area contributed by atoms with Gasteiger partial charge in [-0.25, -0.2) is 0 Å². The van der Waals surface area contributed by atoms with Crippen LogP contribution in [0.15, 0.2) is 0 Å². The molecule has 0 heterocycles. The van der Waals surface area contributed by atoms with E-state index in [1.54, 1.807) is 0 Å². The van der Waals surface area contributed by atoms with Crippen LogP contribution in [0.2, 0.25) is 0 Å². The van der Waals surface area contributed by atoms with Gasteiger partial charge in [-0.15, -0.1) is 12.1 Å². The van der Waals surface area contributed by atoms with Gasteiger partial charge in [-0.3, -0.25) is 0 Å². The molecule has 0 amide bonds. The number of hydrogen-bond donors (Lipinski definition) is 0. The molecule has 2 atom stereocenters. The van der Waals surface area contributed by atoms with Gasteiger partial charge in [0.15, 0.2) is 0 Å². The van der Waals surface area contributed by atoms with Crippen LogP contribution < -0.4 is 0 Å². The molecule has 0 saturated carbocycles. The maximum atomic E-state index is 4.39. The Kier molecular flexibility index (Phi) is 12.1. The van der Waals surface area contributed by atoms with Gasteiger partial charge in [-0.2, -0.15) is 13.1 Å². The third-order valence-corrected chi connectivity index (χ3v) is 1.67. The van der Waals surface area contributed by atoms with Crippen LogP contribution in [0.1, 0.15) is 34.1 Å². The summed E-state index contributed by atoms with van der Waals surface area (Å²) in [7, 11) is 0. The molecule has 0 aromatic carbocycles. The molecule has 3 heteroatoms. The fourth-order valence-corrected chi connectivity index (χ4v) is 1.27. The first-order valence-electron chi connectivity index (χ1n) is 4.53. The van der Waals surface area contributed by atoms with Crippen molar-refractivity contribution in [3.8, 4) is 0 Å². The molecule has 2 nitrogen and oxygen atoms in total. The molecule has 0 N–H and O–H groups in total. The van der Waals surface area contributed by atoms with Gasteiger partial charge in [-0.1, -0.05) is 34.1 Å². The number of nitrogens with zero attached hydrogens (tertiary/aromatic N) is 2. The average Bonchev–Trinajstić information content (AvgIpc) is 1.87. The molecule has 0 aliphatic heterocycles. The van der Waals surface area contributed by atoms with E-state index in [-0.39, 0.29) is 20.4 Å². The van der Waals surface area contributed by atoms with Crippen LogP contribution >= 0.6 is 0 Å². The Morgan fingerprint density at radius 3 is 1.50 bits per heavy atom. The Morgan fingerprint density at radius 2 is 1.25 bits per heavy atom. The monoisotopic (exact) mass is 262 g/mol. The molecule has 0 aliphatic carbocycles. The van der Waals surface area contributed by atoms with Gasteiger partial charge in [0.2, 0.25) is 0 Å². The van der Waals surface area contributed by atoms with Gasteiger partial charge in [0, 0.05) is 0 Å². The second-order valence-electron chi connectivity index (χ2n) is 2.93. The fourth-order valence-electron chi connectivity index (χ4n) is 1.27. The van der Waals surface area contributed by atoms with Crippen molar-refractivity contribution in [1.29, 1.82) is 0 Å². The second kappa shape index (κ2) is 9.67. The van der Waals surface area contributed by atoms with Gasteiger partial charge >= 0.3 is 20.4 Å². The smallest absolute Gasteiger partial charge is 0.660 e. The van der Waals surface area contributed by atoms with E-state index in [9.17, 15) is 0 Å². The third kappa shape index (κ3) is 8.68. The zero-order chi connectivity index (χ0) is 8.69. The Balaban J connectivity index is 0. The molecule has 12 heavy (non-hydrogen) atoms. The van der Waals surface area contributed by atoms with Crippen molar-refractivity contribution < 1.29 is 20.4 Å².